The number of carbonyl (C=O) groups is 2. The number of thiophene rings is 1. The van der Waals surface area contributed by atoms with Crippen LogP contribution < -0.4 is 10.2 Å². The Morgan fingerprint density at radius 3 is 2.41 bits per heavy atom. The lowest BCUT2D eigenvalue weighted by atomic mass is 10.1. The Bertz CT molecular complexity index is 1120. The molecule has 3 aromatic rings. The lowest BCUT2D eigenvalue weighted by Gasteiger charge is -2.16. The molecule has 146 valence electrons. The fourth-order valence-corrected chi connectivity index (χ4v) is 4.17. The molecule has 0 spiro atoms. The second-order valence-corrected chi connectivity index (χ2v) is 8.14. The highest BCUT2D eigenvalue weighted by atomic mass is 35.5. The summed E-state index contributed by atoms with van der Waals surface area (Å²) in [5.41, 5.74) is 3.94. The fourth-order valence-electron chi connectivity index (χ4n) is 3.23. The van der Waals surface area contributed by atoms with Crippen LogP contribution in [0.4, 0.5) is 11.4 Å². The van der Waals surface area contributed by atoms with E-state index >= 15 is 0 Å². The number of anilines is 2. The van der Waals surface area contributed by atoms with Crippen molar-refractivity contribution in [3.05, 3.63) is 86.7 Å². The van der Waals surface area contributed by atoms with Gasteiger partial charge in [-0.1, -0.05) is 42.8 Å². The van der Waals surface area contributed by atoms with Crippen molar-refractivity contribution in [1.82, 2.24) is 0 Å². The molecule has 0 radical (unpaired) electrons. The summed E-state index contributed by atoms with van der Waals surface area (Å²) in [5.74, 6) is -0.707. The quantitative estimate of drug-likeness (QED) is 0.539. The summed E-state index contributed by atoms with van der Waals surface area (Å²) < 4.78 is 0. The van der Waals surface area contributed by atoms with E-state index in [9.17, 15) is 9.59 Å². The maximum absolute atomic E-state index is 13.3. The highest BCUT2D eigenvalue weighted by Crippen LogP contribution is 2.36. The summed E-state index contributed by atoms with van der Waals surface area (Å²) in [5, 5.41) is 5.62. The lowest BCUT2D eigenvalue weighted by molar-refractivity contribution is -0.120. The van der Waals surface area contributed by atoms with Gasteiger partial charge >= 0.3 is 0 Å². The number of benzene rings is 2. The largest absolute Gasteiger partial charge is 0.350 e. The summed E-state index contributed by atoms with van der Waals surface area (Å²) in [7, 11) is 0. The van der Waals surface area contributed by atoms with Gasteiger partial charge in [-0.2, -0.15) is 0 Å². The molecule has 0 atom stereocenters. The molecule has 2 amide bonds. The van der Waals surface area contributed by atoms with Gasteiger partial charge in [0.1, 0.15) is 5.70 Å². The Morgan fingerprint density at radius 1 is 1.03 bits per heavy atom. The zero-order valence-electron chi connectivity index (χ0n) is 16.0. The normalized spacial score (nSPS) is 14.1. The van der Waals surface area contributed by atoms with Crippen LogP contribution in [0.1, 0.15) is 22.9 Å². The van der Waals surface area contributed by atoms with E-state index < -0.39 is 0 Å². The molecule has 0 unspecified atom stereocenters. The molecule has 1 aliphatic heterocycles. The van der Waals surface area contributed by atoms with Gasteiger partial charge in [-0.3, -0.25) is 9.59 Å². The van der Waals surface area contributed by atoms with Gasteiger partial charge in [-0.05, 0) is 60.2 Å². The van der Waals surface area contributed by atoms with Crippen molar-refractivity contribution in [2.75, 3.05) is 10.2 Å². The number of hydrogen-bond donors (Lipinski definition) is 1. The van der Waals surface area contributed by atoms with Crippen LogP contribution in [0.3, 0.4) is 0 Å². The van der Waals surface area contributed by atoms with Crippen molar-refractivity contribution in [1.29, 1.82) is 0 Å². The first-order valence-corrected chi connectivity index (χ1v) is 10.5. The molecule has 2 aromatic carbocycles. The molecule has 0 fully saturated rings. The molecule has 0 saturated heterocycles. The first-order chi connectivity index (χ1) is 14.0. The summed E-state index contributed by atoms with van der Waals surface area (Å²) in [6.07, 6.45) is 0.891. The Hall–Kier alpha value is -2.89. The van der Waals surface area contributed by atoms with Gasteiger partial charge in [-0.15, -0.1) is 11.3 Å². The molecule has 29 heavy (non-hydrogen) atoms. The van der Waals surface area contributed by atoms with Crippen molar-refractivity contribution < 1.29 is 9.59 Å². The average molecular weight is 423 g/mol. The third-order valence-corrected chi connectivity index (χ3v) is 6.19. The van der Waals surface area contributed by atoms with E-state index in [1.165, 1.54) is 16.2 Å². The monoisotopic (exact) mass is 422 g/mol. The van der Waals surface area contributed by atoms with E-state index in [1.807, 2.05) is 60.8 Å². The zero-order valence-corrected chi connectivity index (χ0v) is 17.6. The van der Waals surface area contributed by atoms with E-state index in [1.54, 1.807) is 6.07 Å². The summed E-state index contributed by atoms with van der Waals surface area (Å²) in [6.45, 7) is 3.97. The molecule has 4 rings (SSSR count). The fraction of sp³-hybridized carbons (Fsp3) is 0.130. The standard InChI is InChI=1S/C23H19ClN2O2S/c1-3-15-7-10-17(11-8-15)26-22(27)20(19-5-4-12-29-19)21(23(26)28)25-16-9-6-14(2)18(24)13-16/h4-13,25H,3H2,1-2H3. The van der Waals surface area contributed by atoms with Crippen molar-refractivity contribution in [3.63, 3.8) is 0 Å². The van der Waals surface area contributed by atoms with E-state index in [0.717, 1.165) is 22.4 Å². The maximum atomic E-state index is 13.3. The number of halogens is 1. The average Bonchev–Trinajstić information content (AvgIpc) is 3.32. The van der Waals surface area contributed by atoms with Gasteiger partial charge in [-0.25, -0.2) is 4.90 Å². The summed E-state index contributed by atoms with van der Waals surface area (Å²) in [6, 6.07) is 16.7. The van der Waals surface area contributed by atoms with Gasteiger partial charge < -0.3 is 5.32 Å². The molecule has 4 nitrogen and oxygen atoms in total. The molecule has 0 bridgehead atoms. The molecule has 1 aromatic heterocycles. The van der Waals surface area contributed by atoms with E-state index in [4.69, 9.17) is 11.6 Å². The minimum atomic E-state index is -0.376. The minimum Gasteiger partial charge on any atom is -0.350 e. The van der Waals surface area contributed by atoms with Crippen LogP contribution in [0, 0.1) is 6.92 Å². The minimum absolute atomic E-state index is 0.261. The molecule has 0 aliphatic carbocycles. The first-order valence-electron chi connectivity index (χ1n) is 9.28. The van der Waals surface area contributed by atoms with E-state index in [2.05, 4.69) is 12.2 Å². The molecule has 1 aliphatic rings. The van der Waals surface area contributed by atoms with Gasteiger partial charge in [0.15, 0.2) is 0 Å². The van der Waals surface area contributed by atoms with Crippen molar-refractivity contribution in [2.24, 2.45) is 0 Å². The number of nitrogens with zero attached hydrogens (tertiary/aromatic N) is 1. The Balaban J connectivity index is 1.76. The van der Waals surface area contributed by atoms with Crippen LogP contribution in [-0.4, -0.2) is 11.8 Å². The van der Waals surface area contributed by atoms with E-state index in [-0.39, 0.29) is 17.5 Å². The molecule has 1 N–H and O–H groups in total. The van der Waals surface area contributed by atoms with Crippen LogP contribution in [-0.2, 0) is 16.0 Å². The topological polar surface area (TPSA) is 49.4 Å². The summed E-state index contributed by atoms with van der Waals surface area (Å²) >= 11 is 7.66. The third kappa shape index (κ3) is 3.59. The van der Waals surface area contributed by atoms with Crippen LogP contribution in [0.5, 0.6) is 0 Å². The van der Waals surface area contributed by atoms with Gasteiger partial charge in [0.25, 0.3) is 11.8 Å². The number of imide groups is 1. The first kappa shape index (κ1) is 19.4. The molecule has 6 heteroatoms. The number of hydrogen-bond acceptors (Lipinski definition) is 4. The van der Waals surface area contributed by atoms with Gasteiger partial charge in [0.05, 0.1) is 11.3 Å². The van der Waals surface area contributed by atoms with Gasteiger partial charge in [0, 0.05) is 15.6 Å². The highest BCUT2D eigenvalue weighted by molar-refractivity contribution is 7.11. The van der Waals surface area contributed by atoms with E-state index in [0.29, 0.717) is 22.0 Å². The molecular weight excluding hydrogens is 404 g/mol. The SMILES string of the molecule is CCc1ccc(N2C(=O)C(Nc3ccc(C)c(Cl)c3)=C(c3cccs3)C2=O)cc1. The Kier molecular flexibility index (Phi) is 5.26. The van der Waals surface area contributed by atoms with Crippen LogP contribution >= 0.6 is 22.9 Å². The van der Waals surface area contributed by atoms with Crippen LogP contribution in [0.15, 0.2) is 65.7 Å². The van der Waals surface area contributed by atoms with Crippen LogP contribution in [0.2, 0.25) is 5.02 Å². The number of rotatable bonds is 5. The van der Waals surface area contributed by atoms with Gasteiger partial charge in [0.2, 0.25) is 0 Å². The smallest absolute Gasteiger partial charge is 0.282 e. The number of amides is 2. The molecule has 2 heterocycles. The van der Waals surface area contributed by atoms with Crippen LogP contribution in [0.25, 0.3) is 5.57 Å². The molecular formula is C23H19ClN2O2S. The number of aryl methyl sites for hydroxylation is 2. The van der Waals surface area contributed by atoms with Crippen molar-refractivity contribution in [2.45, 2.75) is 20.3 Å². The third-order valence-electron chi connectivity index (χ3n) is 4.90. The zero-order chi connectivity index (χ0) is 20.5. The predicted octanol–water partition coefficient (Wildman–Crippen LogP) is 5.67. The van der Waals surface area contributed by atoms with Crippen molar-refractivity contribution in [3.8, 4) is 0 Å². The Labute approximate surface area is 178 Å². The predicted molar refractivity (Wildman–Crippen MR) is 119 cm³/mol. The highest BCUT2D eigenvalue weighted by Gasteiger charge is 2.40. The second kappa shape index (κ2) is 7.85. The Morgan fingerprint density at radius 2 is 1.79 bits per heavy atom. The second-order valence-electron chi connectivity index (χ2n) is 6.78. The number of carbonyl (C=O) groups excluding carboxylic acids is 2. The lowest BCUT2D eigenvalue weighted by Crippen LogP contribution is -2.32. The summed E-state index contributed by atoms with van der Waals surface area (Å²) in [4.78, 5) is 28.5. The number of nitrogens with one attached hydrogen (secondary N) is 1. The molecule has 0 saturated carbocycles. The maximum Gasteiger partial charge on any atom is 0.282 e. The van der Waals surface area contributed by atoms with Crippen molar-refractivity contribution >= 4 is 51.7 Å².